The number of alkyl halides is 1. The van der Waals surface area contributed by atoms with Gasteiger partial charge in [-0.1, -0.05) is 12.8 Å². The summed E-state index contributed by atoms with van der Waals surface area (Å²) in [5.41, 5.74) is 7.66. The lowest BCUT2D eigenvalue weighted by molar-refractivity contribution is 0.166. The summed E-state index contributed by atoms with van der Waals surface area (Å²) in [7, 11) is 0. The molecule has 0 amide bonds. The Bertz CT molecular complexity index is 481. The average Bonchev–Trinajstić information content (AvgIpc) is 2.85. The van der Waals surface area contributed by atoms with Gasteiger partial charge in [0.05, 0.1) is 0 Å². The van der Waals surface area contributed by atoms with Crippen molar-refractivity contribution in [3.63, 3.8) is 0 Å². The Labute approximate surface area is 112 Å². The van der Waals surface area contributed by atoms with Crippen LogP contribution < -0.4 is 15.2 Å². The Balaban J connectivity index is 2.12. The molecule has 1 fully saturated rings. The Morgan fingerprint density at radius 3 is 2.58 bits per heavy atom. The number of ether oxygens (including phenoxy) is 2. The van der Waals surface area contributed by atoms with Gasteiger partial charge in [0.1, 0.15) is 19.4 Å². The number of nitrogens with two attached hydrogens (primary N) is 1. The zero-order chi connectivity index (χ0) is 13.5. The SMILES string of the molecule is CC(F)c1cc2c(c(C3(N)CCCC3)c1)OCCO2. The number of halogens is 1. The third kappa shape index (κ3) is 2.18. The molecule has 1 aromatic rings. The van der Waals surface area contributed by atoms with Gasteiger partial charge >= 0.3 is 0 Å². The van der Waals surface area contributed by atoms with Gasteiger partial charge < -0.3 is 15.2 Å². The molecule has 0 aromatic heterocycles. The topological polar surface area (TPSA) is 44.5 Å². The summed E-state index contributed by atoms with van der Waals surface area (Å²) in [5.74, 6) is 1.36. The molecule has 0 bridgehead atoms. The van der Waals surface area contributed by atoms with E-state index in [1.165, 1.54) is 6.92 Å². The summed E-state index contributed by atoms with van der Waals surface area (Å²) in [6.45, 7) is 2.57. The third-order valence-corrected chi connectivity index (χ3v) is 4.16. The van der Waals surface area contributed by atoms with Crippen molar-refractivity contribution in [2.75, 3.05) is 13.2 Å². The minimum atomic E-state index is -1.03. The molecule has 104 valence electrons. The lowest BCUT2D eigenvalue weighted by Crippen LogP contribution is -2.34. The van der Waals surface area contributed by atoms with E-state index >= 15 is 0 Å². The molecular formula is C15H20FNO2. The predicted molar refractivity (Wildman–Crippen MR) is 71.3 cm³/mol. The van der Waals surface area contributed by atoms with Gasteiger partial charge in [-0.05, 0) is 37.5 Å². The standard InChI is InChI=1S/C15H20FNO2/c1-10(16)11-8-12(15(17)4-2-3-5-15)14-13(9-11)18-6-7-19-14/h8-10H,2-7,17H2,1H3. The monoisotopic (exact) mass is 265 g/mol. The van der Waals surface area contributed by atoms with E-state index in [9.17, 15) is 4.39 Å². The maximum Gasteiger partial charge on any atom is 0.166 e. The Hall–Kier alpha value is -1.29. The molecule has 4 heteroatoms. The summed E-state index contributed by atoms with van der Waals surface area (Å²) < 4.78 is 25.0. The third-order valence-electron chi connectivity index (χ3n) is 4.16. The van der Waals surface area contributed by atoms with Crippen LogP contribution in [0.4, 0.5) is 4.39 Å². The van der Waals surface area contributed by atoms with Crippen molar-refractivity contribution in [2.45, 2.75) is 44.3 Å². The average molecular weight is 265 g/mol. The van der Waals surface area contributed by atoms with Crippen molar-refractivity contribution in [3.8, 4) is 11.5 Å². The molecule has 0 spiro atoms. The van der Waals surface area contributed by atoms with Gasteiger partial charge in [-0.15, -0.1) is 0 Å². The minimum absolute atomic E-state index is 0.393. The number of hydrogen-bond acceptors (Lipinski definition) is 3. The highest BCUT2D eigenvalue weighted by Gasteiger charge is 2.36. The predicted octanol–water partition coefficient (Wildman–Crippen LogP) is 3.22. The molecule has 1 aromatic carbocycles. The second kappa shape index (κ2) is 4.67. The van der Waals surface area contributed by atoms with Crippen molar-refractivity contribution in [2.24, 2.45) is 5.73 Å². The van der Waals surface area contributed by atoms with Gasteiger partial charge in [-0.3, -0.25) is 0 Å². The molecule has 19 heavy (non-hydrogen) atoms. The van der Waals surface area contributed by atoms with Gasteiger partial charge in [-0.2, -0.15) is 0 Å². The van der Waals surface area contributed by atoms with Crippen LogP contribution in [0.3, 0.4) is 0 Å². The van der Waals surface area contributed by atoms with E-state index in [2.05, 4.69) is 0 Å². The van der Waals surface area contributed by atoms with E-state index in [1.54, 1.807) is 6.07 Å². The minimum Gasteiger partial charge on any atom is -0.486 e. The fourth-order valence-corrected chi connectivity index (χ4v) is 3.05. The molecule has 1 aliphatic carbocycles. The highest BCUT2D eigenvalue weighted by Crippen LogP contribution is 2.46. The fourth-order valence-electron chi connectivity index (χ4n) is 3.05. The first-order chi connectivity index (χ1) is 9.10. The van der Waals surface area contributed by atoms with Crippen LogP contribution in [0.5, 0.6) is 11.5 Å². The number of benzene rings is 1. The molecule has 0 saturated heterocycles. The van der Waals surface area contributed by atoms with E-state index in [1.807, 2.05) is 6.07 Å². The van der Waals surface area contributed by atoms with Crippen LogP contribution in [-0.2, 0) is 5.54 Å². The second-order valence-electron chi connectivity index (χ2n) is 5.57. The molecule has 1 saturated carbocycles. The van der Waals surface area contributed by atoms with Crippen LogP contribution in [-0.4, -0.2) is 13.2 Å². The zero-order valence-electron chi connectivity index (χ0n) is 11.2. The van der Waals surface area contributed by atoms with Crippen LogP contribution in [0.1, 0.15) is 49.9 Å². The molecule has 3 rings (SSSR count). The smallest absolute Gasteiger partial charge is 0.166 e. The van der Waals surface area contributed by atoms with Crippen LogP contribution >= 0.6 is 0 Å². The van der Waals surface area contributed by atoms with Crippen LogP contribution in [0.2, 0.25) is 0 Å². The van der Waals surface area contributed by atoms with Crippen molar-refractivity contribution in [1.29, 1.82) is 0 Å². The number of rotatable bonds is 2. The largest absolute Gasteiger partial charge is 0.486 e. The molecule has 1 unspecified atom stereocenters. The summed E-state index contributed by atoms with van der Waals surface area (Å²) in [5, 5.41) is 0. The van der Waals surface area contributed by atoms with Crippen molar-refractivity contribution >= 4 is 0 Å². The Morgan fingerprint density at radius 2 is 1.89 bits per heavy atom. The van der Waals surface area contributed by atoms with Crippen LogP contribution in [0, 0.1) is 0 Å². The normalized spacial score (nSPS) is 22.3. The molecule has 2 aliphatic rings. The molecule has 2 N–H and O–H groups in total. The highest BCUT2D eigenvalue weighted by molar-refractivity contribution is 5.53. The molecule has 1 aliphatic heterocycles. The van der Waals surface area contributed by atoms with E-state index in [0.29, 0.717) is 24.5 Å². The number of fused-ring (bicyclic) bond motifs is 1. The first-order valence-electron chi connectivity index (χ1n) is 6.97. The van der Waals surface area contributed by atoms with Crippen LogP contribution in [0.15, 0.2) is 12.1 Å². The van der Waals surface area contributed by atoms with Gasteiger partial charge in [0.25, 0.3) is 0 Å². The zero-order valence-corrected chi connectivity index (χ0v) is 11.2. The fraction of sp³-hybridized carbons (Fsp3) is 0.600. The maximum atomic E-state index is 13.7. The molecular weight excluding hydrogens is 245 g/mol. The summed E-state index contributed by atoms with van der Waals surface area (Å²) in [6.07, 6.45) is 3.04. The molecule has 1 atom stereocenters. The Morgan fingerprint density at radius 1 is 1.21 bits per heavy atom. The maximum absolute atomic E-state index is 13.7. The molecule has 1 heterocycles. The van der Waals surface area contributed by atoms with Crippen molar-refractivity contribution < 1.29 is 13.9 Å². The quantitative estimate of drug-likeness (QED) is 0.893. The summed E-state index contributed by atoms with van der Waals surface area (Å²) in [6, 6.07) is 3.60. The van der Waals surface area contributed by atoms with E-state index in [-0.39, 0.29) is 0 Å². The second-order valence-corrected chi connectivity index (χ2v) is 5.57. The number of hydrogen-bond donors (Lipinski definition) is 1. The van der Waals surface area contributed by atoms with E-state index in [0.717, 1.165) is 37.0 Å². The first-order valence-corrected chi connectivity index (χ1v) is 6.97. The lowest BCUT2D eigenvalue weighted by atomic mass is 9.86. The Kier molecular flexibility index (Phi) is 3.13. The van der Waals surface area contributed by atoms with Crippen LogP contribution in [0.25, 0.3) is 0 Å². The van der Waals surface area contributed by atoms with Gasteiger partial charge in [-0.25, -0.2) is 4.39 Å². The summed E-state index contributed by atoms with van der Waals surface area (Å²) >= 11 is 0. The van der Waals surface area contributed by atoms with Crippen molar-refractivity contribution in [3.05, 3.63) is 23.3 Å². The van der Waals surface area contributed by atoms with E-state index in [4.69, 9.17) is 15.2 Å². The van der Waals surface area contributed by atoms with Crippen molar-refractivity contribution in [1.82, 2.24) is 0 Å². The molecule has 0 radical (unpaired) electrons. The first kappa shape index (κ1) is 12.7. The lowest BCUT2D eigenvalue weighted by Gasteiger charge is -2.30. The summed E-state index contributed by atoms with van der Waals surface area (Å²) in [4.78, 5) is 0. The highest BCUT2D eigenvalue weighted by atomic mass is 19.1. The van der Waals surface area contributed by atoms with Gasteiger partial charge in [0, 0.05) is 11.1 Å². The van der Waals surface area contributed by atoms with Gasteiger partial charge in [0.15, 0.2) is 11.5 Å². The van der Waals surface area contributed by atoms with Gasteiger partial charge in [0.2, 0.25) is 0 Å². The molecule has 3 nitrogen and oxygen atoms in total. The van der Waals surface area contributed by atoms with E-state index < -0.39 is 11.7 Å².